The summed E-state index contributed by atoms with van der Waals surface area (Å²) in [5.74, 6) is 0.437. The van der Waals surface area contributed by atoms with Crippen molar-refractivity contribution in [3.63, 3.8) is 0 Å². The van der Waals surface area contributed by atoms with Crippen LogP contribution in [0.15, 0.2) is 23.1 Å². The second-order valence-electron chi connectivity index (χ2n) is 4.38. The van der Waals surface area contributed by atoms with E-state index in [1.165, 1.54) is 36.6 Å². The standard InChI is InChI=1S/C13H17N3O3S2/c1-4-11-8(2)20-13(15-11)16-21(17,18)9-5-6-12(19-3)10(14)7-9/h5-7H,4,14H2,1-3H3,(H,15,16). The van der Waals surface area contributed by atoms with Crippen molar-refractivity contribution in [3.8, 4) is 5.75 Å². The van der Waals surface area contributed by atoms with Crippen LogP contribution in [0.5, 0.6) is 5.75 Å². The highest BCUT2D eigenvalue weighted by Crippen LogP contribution is 2.28. The predicted octanol–water partition coefficient (Wildman–Crippen LogP) is 2.41. The molecule has 0 saturated heterocycles. The molecule has 2 aromatic rings. The average Bonchev–Trinajstić information content (AvgIpc) is 2.77. The zero-order valence-electron chi connectivity index (χ0n) is 12.0. The van der Waals surface area contributed by atoms with E-state index in [4.69, 9.17) is 10.5 Å². The van der Waals surface area contributed by atoms with E-state index in [2.05, 4.69) is 9.71 Å². The van der Waals surface area contributed by atoms with Gasteiger partial charge in [0.25, 0.3) is 10.0 Å². The first-order chi connectivity index (χ1) is 9.87. The Kier molecular flexibility index (Phi) is 4.38. The van der Waals surface area contributed by atoms with Gasteiger partial charge in [-0.1, -0.05) is 6.92 Å². The number of ether oxygens (including phenoxy) is 1. The zero-order valence-corrected chi connectivity index (χ0v) is 13.6. The maximum absolute atomic E-state index is 12.3. The lowest BCUT2D eigenvalue weighted by Crippen LogP contribution is -2.13. The number of benzene rings is 1. The summed E-state index contributed by atoms with van der Waals surface area (Å²) < 4.78 is 32.1. The highest BCUT2D eigenvalue weighted by Gasteiger charge is 2.18. The minimum absolute atomic E-state index is 0.0756. The lowest BCUT2D eigenvalue weighted by Gasteiger charge is -2.08. The van der Waals surface area contributed by atoms with Crippen LogP contribution < -0.4 is 15.2 Å². The molecular formula is C13H17N3O3S2. The molecule has 0 bridgehead atoms. The van der Waals surface area contributed by atoms with Crippen LogP contribution in [0.4, 0.5) is 10.8 Å². The number of nitrogens with zero attached hydrogens (tertiary/aromatic N) is 1. The Morgan fingerprint density at radius 2 is 2.14 bits per heavy atom. The molecule has 1 aromatic carbocycles. The highest BCUT2D eigenvalue weighted by molar-refractivity contribution is 7.93. The fourth-order valence-electron chi connectivity index (χ4n) is 1.85. The van der Waals surface area contributed by atoms with Crippen molar-refractivity contribution >= 4 is 32.2 Å². The first kappa shape index (κ1) is 15.6. The number of aryl methyl sites for hydroxylation is 2. The molecule has 0 spiro atoms. The Balaban J connectivity index is 2.31. The fraction of sp³-hybridized carbons (Fsp3) is 0.308. The van der Waals surface area contributed by atoms with Crippen molar-refractivity contribution in [2.75, 3.05) is 17.6 Å². The molecule has 114 valence electrons. The van der Waals surface area contributed by atoms with Gasteiger partial charge < -0.3 is 10.5 Å². The Morgan fingerprint density at radius 1 is 1.43 bits per heavy atom. The molecular weight excluding hydrogens is 310 g/mol. The molecule has 6 nitrogen and oxygen atoms in total. The van der Waals surface area contributed by atoms with Crippen LogP contribution >= 0.6 is 11.3 Å². The molecule has 21 heavy (non-hydrogen) atoms. The van der Waals surface area contributed by atoms with Gasteiger partial charge in [0.15, 0.2) is 5.13 Å². The molecule has 0 unspecified atom stereocenters. The van der Waals surface area contributed by atoms with Crippen molar-refractivity contribution in [2.45, 2.75) is 25.2 Å². The lowest BCUT2D eigenvalue weighted by molar-refractivity contribution is 0.416. The summed E-state index contributed by atoms with van der Waals surface area (Å²) in [5.41, 5.74) is 6.91. The lowest BCUT2D eigenvalue weighted by atomic mass is 10.3. The number of nitrogen functional groups attached to an aromatic ring is 1. The minimum atomic E-state index is -3.71. The molecule has 8 heteroatoms. The van der Waals surface area contributed by atoms with Crippen molar-refractivity contribution in [2.24, 2.45) is 0 Å². The third kappa shape index (κ3) is 3.27. The topological polar surface area (TPSA) is 94.3 Å². The summed E-state index contributed by atoms with van der Waals surface area (Å²) in [4.78, 5) is 5.35. The first-order valence-electron chi connectivity index (χ1n) is 6.30. The molecule has 0 amide bonds. The Hall–Kier alpha value is -1.80. The third-order valence-corrected chi connectivity index (χ3v) is 5.36. The number of aromatic nitrogens is 1. The molecule has 2 rings (SSSR count). The number of sulfonamides is 1. The van der Waals surface area contributed by atoms with Crippen LogP contribution in [-0.2, 0) is 16.4 Å². The molecule has 0 saturated carbocycles. The van der Waals surface area contributed by atoms with Gasteiger partial charge in [-0.3, -0.25) is 4.72 Å². The summed E-state index contributed by atoms with van der Waals surface area (Å²) >= 11 is 1.32. The van der Waals surface area contributed by atoms with Gasteiger partial charge in [-0.25, -0.2) is 13.4 Å². The van der Waals surface area contributed by atoms with Crippen LogP contribution in [0.1, 0.15) is 17.5 Å². The van der Waals surface area contributed by atoms with Gasteiger partial charge in [0.2, 0.25) is 0 Å². The normalized spacial score (nSPS) is 11.4. The van der Waals surface area contributed by atoms with E-state index in [0.717, 1.165) is 17.0 Å². The fourth-order valence-corrected chi connectivity index (χ4v) is 4.03. The van der Waals surface area contributed by atoms with E-state index in [-0.39, 0.29) is 10.6 Å². The van der Waals surface area contributed by atoms with Gasteiger partial charge in [-0.2, -0.15) is 0 Å². The SMILES string of the molecule is CCc1nc(NS(=O)(=O)c2ccc(OC)c(N)c2)sc1C. The first-order valence-corrected chi connectivity index (χ1v) is 8.60. The third-order valence-electron chi connectivity index (χ3n) is 2.96. The second kappa shape index (κ2) is 5.90. The molecule has 0 aliphatic carbocycles. The van der Waals surface area contributed by atoms with Crippen LogP contribution in [0.2, 0.25) is 0 Å². The maximum Gasteiger partial charge on any atom is 0.263 e. The molecule has 1 heterocycles. The number of hydrogen-bond donors (Lipinski definition) is 2. The zero-order chi connectivity index (χ0) is 15.6. The van der Waals surface area contributed by atoms with Gasteiger partial charge in [0.1, 0.15) is 5.75 Å². The molecule has 0 radical (unpaired) electrons. The summed E-state index contributed by atoms with van der Waals surface area (Å²) in [6, 6.07) is 4.33. The summed E-state index contributed by atoms with van der Waals surface area (Å²) in [5, 5.41) is 0.360. The largest absolute Gasteiger partial charge is 0.495 e. The molecule has 0 aliphatic rings. The van der Waals surface area contributed by atoms with Crippen molar-refractivity contribution in [1.29, 1.82) is 0 Å². The van der Waals surface area contributed by atoms with E-state index in [9.17, 15) is 8.42 Å². The Bertz CT molecular complexity index is 754. The van der Waals surface area contributed by atoms with Gasteiger partial charge in [-0.05, 0) is 31.5 Å². The maximum atomic E-state index is 12.3. The van der Waals surface area contributed by atoms with Gasteiger partial charge in [0.05, 0.1) is 23.4 Å². The van der Waals surface area contributed by atoms with Crippen molar-refractivity contribution < 1.29 is 13.2 Å². The van der Waals surface area contributed by atoms with Crippen LogP contribution in [0.25, 0.3) is 0 Å². The number of thiazole rings is 1. The van der Waals surface area contributed by atoms with Gasteiger partial charge in [0, 0.05) is 4.88 Å². The summed E-state index contributed by atoms with van der Waals surface area (Å²) in [6.07, 6.45) is 0.763. The van der Waals surface area contributed by atoms with Crippen LogP contribution in [-0.4, -0.2) is 20.5 Å². The average molecular weight is 327 g/mol. The van der Waals surface area contributed by atoms with Crippen LogP contribution in [0, 0.1) is 6.92 Å². The van der Waals surface area contributed by atoms with Crippen LogP contribution in [0.3, 0.4) is 0 Å². The summed E-state index contributed by atoms with van der Waals surface area (Å²) in [7, 11) is -2.24. The second-order valence-corrected chi connectivity index (χ2v) is 7.27. The number of anilines is 2. The summed E-state index contributed by atoms with van der Waals surface area (Å²) in [6.45, 7) is 3.89. The number of nitrogens with two attached hydrogens (primary N) is 1. The number of methoxy groups -OCH3 is 1. The van der Waals surface area contributed by atoms with E-state index in [0.29, 0.717) is 10.9 Å². The smallest absolute Gasteiger partial charge is 0.263 e. The van der Waals surface area contributed by atoms with E-state index < -0.39 is 10.0 Å². The molecule has 0 aliphatic heterocycles. The molecule has 1 aromatic heterocycles. The predicted molar refractivity (Wildman–Crippen MR) is 84.4 cm³/mol. The van der Waals surface area contributed by atoms with Crippen molar-refractivity contribution in [1.82, 2.24) is 4.98 Å². The molecule has 3 N–H and O–H groups in total. The number of hydrogen-bond acceptors (Lipinski definition) is 6. The molecule has 0 atom stereocenters. The van der Waals surface area contributed by atoms with E-state index >= 15 is 0 Å². The van der Waals surface area contributed by atoms with E-state index in [1.807, 2.05) is 13.8 Å². The van der Waals surface area contributed by atoms with Crippen molar-refractivity contribution in [3.05, 3.63) is 28.8 Å². The quantitative estimate of drug-likeness (QED) is 0.822. The number of nitrogens with one attached hydrogen (secondary N) is 1. The van der Waals surface area contributed by atoms with E-state index in [1.54, 1.807) is 0 Å². The Labute approximate surface area is 128 Å². The van der Waals surface area contributed by atoms with Gasteiger partial charge in [-0.15, -0.1) is 11.3 Å². The highest BCUT2D eigenvalue weighted by atomic mass is 32.2. The Morgan fingerprint density at radius 3 is 2.67 bits per heavy atom. The monoisotopic (exact) mass is 327 g/mol. The number of rotatable bonds is 5. The minimum Gasteiger partial charge on any atom is -0.495 e. The van der Waals surface area contributed by atoms with Gasteiger partial charge >= 0.3 is 0 Å². The molecule has 0 fully saturated rings.